The number of rotatable bonds is 6. The van der Waals surface area contributed by atoms with E-state index < -0.39 is 0 Å². The van der Waals surface area contributed by atoms with Gasteiger partial charge in [0.05, 0.1) is 13.1 Å². The molecule has 5 heteroatoms. The van der Waals surface area contributed by atoms with Crippen LogP contribution in [0.3, 0.4) is 0 Å². The molecule has 0 radical (unpaired) electrons. The second-order valence-electron chi connectivity index (χ2n) is 4.86. The number of hydrogen-bond donors (Lipinski definition) is 1. The minimum atomic E-state index is -0.357. The van der Waals surface area contributed by atoms with Gasteiger partial charge in [0.2, 0.25) is 5.91 Å². The van der Waals surface area contributed by atoms with Gasteiger partial charge in [0.25, 0.3) is 0 Å². The molecule has 20 heavy (non-hydrogen) atoms. The maximum Gasteiger partial charge on any atom is 0.414 e. The Balaban J connectivity index is 1.82. The topological polar surface area (TPSA) is 58.6 Å². The first-order chi connectivity index (χ1) is 9.70. The molecule has 1 N–H and O–H groups in total. The maximum absolute atomic E-state index is 11.8. The maximum atomic E-state index is 11.8. The number of para-hydroxylation sites is 1. The highest BCUT2D eigenvalue weighted by molar-refractivity contribution is 5.89. The molecule has 0 aromatic heterocycles. The van der Waals surface area contributed by atoms with Gasteiger partial charge in [0.15, 0.2) is 0 Å². The normalized spacial score (nSPS) is 17.9. The fourth-order valence-electron chi connectivity index (χ4n) is 2.10. The number of nitrogens with one attached hydrogen (secondary N) is 1. The van der Waals surface area contributed by atoms with Crippen molar-refractivity contribution in [3.05, 3.63) is 30.3 Å². The number of benzene rings is 1. The number of hydrogen-bond acceptors (Lipinski definition) is 3. The molecule has 1 aliphatic heterocycles. The molecule has 2 rings (SSSR count). The van der Waals surface area contributed by atoms with Gasteiger partial charge in [-0.25, -0.2) is 4.79 Å². The summed E-state index contributed by atoms with van der Waals surface area (Å²) < 4.78 is 5.26. The van der Waals surface area contributed by atoms with E-state index >= 15 is 0 Å². The zero-order valence-corrected chi connectivity index (χ0v) is 11.7. The zero-order chi connectivity index (χ0) is 14.4. The van der Waals surface area contributed by atoms with Crippen molar-refractivity contribution in [2.45, 2.75) is 32.3 Å². The van der Waals surface area contributed by atoms with Crippen molar-refractivity contribution in [3.63, 3.8) is 0 Å². The van der Waals surface area contributed by atoms with Crippen LogP contribution in [0, 0.1) is 0 Å². The van der Waals surface area contributed by atoms with Crippen LogP contribution in [0.15, 0.2) is 30.3 Å². The van der Waals surface area contributed by atoms with Crippen molar-refractivity contribution < 1.29 is 14.3 Å². The molecule has 108 valence electrons. The molecule has 0 bridgehead atoms. The third-order valence-electron chi connectivity index (χ3n) is 3.23. The van der Waals surface area contributed by atoms with Gasteiger partial charge in [0.1, 0.15) is 6.10 Å². The van der Waals surface area contributed by atoms with E-state index in [0.29, 0.717) is 19.5 Å². The Hall–Kier alpha value is -2.04. The van der Waals surface area contributed by atoms with Crippen LogP contribution in [-0.4, -0.2) is 31.2 Å². The van der Waals surface area contributed by atoms with Crippen molar-refractivity contribution >= 4 is 17.7 Å². The number of unbranched alkanes of at least 4 members (excludes halogenated alkanes) is 1. The summed E-state index contributed by atoms with van der Waals surface area (Å²) in [5.74, 6) is 0.0149. The van der Waals surface area contributed by atoms with Crippen LogP contribution in [0.4, 0.5) is 10.5 Å². The number of ether oxygens (including phenoxy) is 1. The van der Waals surface area contributed by atoms with Crippen molar-refractivity contribution in [1.82, 2.24) is 5.32 Å². The average molecular weight is 276 g/mol. The van der Waals surface area contributed by atoms with Crippen molar-refractivity contribution in [1.29, 1.82) is 0 Å². The molecule has 5 nitrogen and oxygen atoms in total. The first kappa shape index (κ1) is 14.4. The van der Waals surface area contributed by atoms with E-state index in [1.807, 2.05) is 37.3 Å². The summed E-state index contributed by atoms with van der Waals surface area (Å²) in [6.07, 6.45) is 1.76. The van der Waals surface area contributed by atoms with Crippen LogP contribution in [0.1, 0.15) is 26.2 Å². The summed E-state index contributed by atoms with van der Waals surface area (Å²) >= 11 is 0. The standard InChI is InChI=1S/C15H20N2O3/c1-2-3-9-14(18)16-10-13-11-17(15(19)20-13)12-7-5-4-6-8-12/h4-8,13H,2-3,9-11H2,1H3,(H,16,18). The number of amides is 2. The quantitative estimate of drug-likeness (QED) is 0.867. The summed E-state index contributed by atoms with van der Waals surface area (Å²) in [5, 5.41) is 2.81. The average Bonchev–Trinajstić information content (AvgIpc) is 2.85. The SMILES string of the molecule is CCCCC(=O)NCC1CN(c2ccccc2)C(=O)O1. The lowest BCUT2D eigenvalue weighted by molar-refractivity contribution is -0.121. The molecule has 1 saturated heterocycles. The molecule has 0 saturated carbocycles. The Labute approximate surface area is 118 Å². The lowest BCUT2D eigenvalue weighted by atomic mass is 10.2. The van der Waals surface area contributed by atoms with Crippen molar-refractivity contribution in [3.8, 4) is 0 Å². The van der Waals surface area contributed by atoms with E-state index in [9.17, 15) is 9.59 Å². The minimum absolute atomic E-state index is 0.0149. The van der Waals surface area contributed by atoms with E-state index in [-0.39, 0.29) is 18.1 Å². The van der Waals surface area contributed by atoms with Gasteiger partial charge in [-0.2, -0.15) is 0 Å². The second-order valence-corrected chi connectivity index (χ2v) is 4.86. The largest absolute Gasteiger partial charge is 0.442 e. The van der Waals surface area contributed by atoms with Crippen molar-refractivity contribution in [2.75, 3.05) is 18.0 Å². The number of nitrogens with zero attached hydrogens (tertiary/aromatic N) is 1. The smallest absolute Gasteiger partial charge is 0.414 e. The van der Waals surface area contributed by atoms with E-state index in [2.05, 4.69) is 5.32 Å². The Morgan fingerprint density at radius 1 is 1.40 bits per heavy atom. The Morgan fingerprint density at radius 3 is 2.85 bits per heavy atom. The van der Waals surface area contributed by atoms with Crippen LogP contribution < -0.4 is 10.2 Å². The van der Waals surface area contributed by atoms with Gasteiger partial charge < -0.3 is 10.1 Å². The predicted octanol–water partition coefficient (Wildman–Crippen LogP) is 2.32. The summed E-state index contributed by atoms with van der Waals surface area (Å²) in [6.45, 7) is 2.89. The molecule has 0 spiro atoms. The molecule has 1 aromatic carbocycles. The van der Waals surface area contributed by atoms with Gasteiger partial charge in [-0.1, -0.05) is 31.5 Å². The molecule has 2 amide bonds. The Bertz CT molecular complexity index is 461. The highest BCUT2D eigenvalue weighted by atomic mass is 16.6. The molecule has 1 fully saturated rings. The molecule has 1 aromatic rings. The molecule has 0 aliphatic carbocycles. The van der Waals surface area contributed by atoms with Crippen LogP contribution in [0.5, 0.6) is 0 Å². The van der Waals surface area contributed by atoms with E-state index in [1.165, 1.54) is 0 Å². The van der Waals surface area contributed by atoms with Gasteiger partial charge in [-0.05, 0) is 18.6 Å². The van der Waals surface area contributed by atoms with Crippen LogP contribution in [-0.2, 0) is 9.53 Å². The van der Waals surface area contributed by atoms with Gasteiger partial charge in [-0.3, -0.25) is 9.69 Å². The monoisotopic (exact) mass is 276 g/mol. The zero-order valence-electron chi connectivity index (χ0n) is 11.7. The number of carbonyl (C=O) groups is 2. The fourth-order valence-corrected chi connectivity index (χ4v) is 2.10. The first-order valence-corrected chi connectivity index (χ1v) is 7.00. The van der Waals surface area contributed by atoms with E-state index in [1.54, 1.807) is 4.90 Å². The Morgan fingerprint density at radius 2 is 2.15 bits per heavy atom. The van der Waals surface area contributed by atoms with E-state index in [0.717, 1.165) is 18.5 Å². The van der Waals surface area contributed by atoms with Gasteiger partial charge in [0, 0.05) is 12.1 Å². The molecule has 1 aliphatic rings. The Kier molecular flexibility index (Phi) is 4.98. The summed E-state index contributed by atoms with van der Waals surface area (Å²) in [4.78, 5) is 24.9. The lowest BCUT2D eigenvalue weighted by Gasteiger charge is -2.12. The number of cyclic esters (lactones) is 1. The molecule has 1 atom stereocenters. The van der Waals surface area contributed by atoms with Crippen LogP contribution in [0.25, 0.3) is 0 Å². The molecular formula is C15H20N2O3. The summed E-state index contributed by atoms with van der Waals surface area (Å²) in [7, 11) is 0. The summed E-state index contributed by atoms with van der Waals surface area (Å²) in [6, 6.07) is 9.38. The fraction of sp³-hybridized carbons (Fsp3) is 0.467. The first-order valence-electron chi connectivity index (χ1n) is 7.00. The number of carbonyl (C=O) groups excluding carboxylic acids is 2. The molecular weight excluding hydrogens is 256 g/mol. The van der Waals surface area contributed by atoms with E-state index in [4.69, 9.17) is 4.74 Å². The van der Waals surface area contributed by atoms with Crippen LogP contribution >= 0.6 is 0 Å². The third-order valence-corrected chi connectivity index (χ3v) is 3.23. The highest BCUT2D eigenvalue weighted by Gasteiger charge is 2.32. The van der Waals surface area contributed by atoms with Gasteiger partial charge >= 0.3 is 6.09 Å². The van der Waals surface area contributed by atoms with Crippen molar-refractivity contribution in [2.24, 2.45) is 0 Å². The molecule has 1 heterocycles. The number of anilines is 1. The minimum Gasteiger partial charge on any atom is -0.442 e. The summed E-state index contributed by atoms with van der Waals surface area (Å²) in [5.41, 5.74) is 0.817. The molecule has 1 unspecified atom stereocenters. The predicted molar refractivity (Wildman–Crippen MR) is 76.6 cm³/mol. The third kappa shape index (κ3) is 3.73. The van der Waals surface area contributed by atoms with Crippen LogP contribution in [0.2, 0.25) is 0 Å². The lowest BCUT2D eigenvalue weighted by Crippen LogP contribution is -2.34. The van der Waals surface area contributed by atoms with Gasteiger partial charge in [-0.15, -0.1) is 0 Å². The second kappa shape index (κ2) is 6.93. The highest BCUT2D eigenvalue weighted by Crippen LogP contribution is 2.20.